The van der Waals surface area contributed by atoms with E-state index >= 15 is 0 Å². The minimum atomic E-state index is 0.293. The topological polar surface area (TPSA) is 62.0 Å². The smallest absolute Gasteiger partial charge is 0.236 e. The lowest BCUT2D eigenvalue weighted by atomic mass is 10.1. The van der Waals surface area contributed by atoms with Crippen LogP contribution in [-0.4, -0.2) is 91.7 Å². The molecule has 0 aromatic carbocycles. The van der Waals surface area contributed by atoms with E-state index in [0.717, 1.165) is 71.7 Å². The number of hydrogen-bond donors (Lipinski definition) is 1. The van der Waals surface area contributed by atoms with Crippen LogP contribution in [-0.2, 0) is 9.53 Å². The Morgan fingerprint density at radius 2 is 1.76 bits per heavy atom. The Morgan fingerprint density at radius 3 is 2.48 bits per heavy atom. The summed E-state index contributed by atoms with van der Waals surface area (Å²) in [7, 11) is 0. The van der Waals surface area contributed by atoms with Crippen molar-refractivity contribution < 1.29 is 9.53 Å². The third-order valence-corrected chi connectivity index (χ3v) is 5.07. The third-order valence-electron chi connectivity index (χ3n) is 5.07. The van der Waals surface area contributed by atoms with Gasteiger partial charge in [-0.1, -0.05) is 0 Å². The zero-order valence-electron chi connectivity index (χ0n) is 12.9. The van der Waals surface area contributed by atoms with Crippen LogP contribution >= 0.6 is 0 Å². The second kappa shape index (κ2) is 7.05. The number of carbonyl (C=O) groups excluding carboxylic acids is 1. The molecule has 6 heteroatoms. The lowest BCUT2D eigenvalue weighted by Crippen LogP contribution is -2.47. The molecule has 3 rings (SSSR count). The summed E-state index contributed by atoms with van der Waals surface area (Å²) in [6, 6.07) is 0.862. The van der Waals surface area contributed by atoms with Crippen LogP contribution in [0.2, 0.25) is 0 Å². The summed E-state index contributed by atoms with van der Waals surface area (Å²) < 4.78 is 5.40. The Morgan fingerprint density at radius 1 is 1.05 bits per heavy atom. The van der Waals surface area contributed by atoms with Gasteiger partial charge in [0, 0.05) is 51.4 Å². The van der Waals surface area contributed by atoms with Crippen LogP contribution in [0.5, 0.6) is 0 Å². The zero-order chi connectivity index (χ0) is 14.7. The predicted molar refractivity (Wildman–Crippen MR) is 81.0 cm³/mol. The van der Waals surface area contributed by atoms with Crippen molar-refractivity contribution >= 4 is 5.91 Å². The second-order valence-electron chi connectivity index (χ2n) is 6.54. The maximum absolute atomic E-state index is 12.4. The zero-order valence-corrected chi connectivity index (χ0v) is 12.9. The third kappa shape index (κ3) is 3.94. The molecule has 1 atom stereocenters. The second-order valence-corrected chi connectivity index (χ2v) is 6.54. The van der Waals surface area contributed by atoms with Crippen LogP contribution in [0.3, 0.4) is 0 Å². The average Bonchev–Trinajstić information content (AvgIpc) is 3.00. The predicted octanol–water partition coefficient (Wildman–Crippen LogP) is -0.657. The highest BCUT2D eigenvalue weighted by molar-refractivity contribution is 5.78. The first-order chi connectivity index (χ1) is 10.2. The Balaban J connectivity index is 1.43. The first kappa shape index (κ1) is 15.2. The van der Waals surface area contributed by atoms with Crippen molar-refractivity contribution in [1.82, 2.24) is 14.7 Å². The SMILES string of the molecule is NC1CCN(CC(=O)N2CCC(N3CCOCC3)C2)CC1. The van der Waals surface area contributed by atoms with E-state index in [-0.39, 0.29) is 0 Å². The molecule has 0 bridgehead atoms. The van der Waals surface area contributed by atoms with E-state index in [4.69, 9.17) is 10.5 Å². The Hall–Kier alpha value is -0.690. The molecule has 2 N–H and O–H groups in total. The van der Waals surface area contributed by atoms with Gasteiger partial charge in [0.1, 0.15) is 0 Å². The molecule has 3 fully saturated rings. The van der Waals surface area contributed by atoms with Crippen molar-refractivity contribution in [3.8, 4) is 0 Å². The van der Waals surface area contributed by atoms with Crippen LogP contribution in [0.1, 0.15) is 19.3 Å². The highest BCUT2D eigenvalue weighted by Gasteiger charge is 2.31. The molecule has 0 radical (unpaired) electrons. The number of likely N-dealkylation sites (tertiary alicyclic amines) is 2. The largest absolute Gasteiger partial charge is 0.379 e. The van der Waals surface area contributed by atoms with Crippen molar-refractivity contribution in [2.24, 2.45) is 5.73 Å². The van der Waals surface area contributed by atoms with Gasteiger partial charge in [0.15, 0.2) is 0 Å². The van der Waals surface area contributed by atoms with E-state index in [9.17, 15) is 4.79 Å². The maximum Gasteiger partial charge on any atom is 0.236 e. The monoisotopic (exact) mass is 296 g/mol. The summed E-state index contributed by atoms with van der Waals surface area (Å²) in [5, 5.41) is 0. The lowest BCUT2D eigenvalue weighted by Gasteiger charge is -2.33. The Labute approximate surface area is 127 Å². The van der Waals surface area contributed by atoms with Crippen molar-refractivity contribution in [2.45, 2.75) is 31.3 Å². The number of ether oxygens (including phenoxy) is 1. The van der Waals surface area contributed by atoms with Gasteiger partial charge in [-0.2, -0.15) is 0 Å². The van der Waals surface area contributed by atoms with Crippen LogP contribution < -0.4 is 5.73 Å². The van der Waals surface area contributed by atoms with E-state index in [1.807, 2.05) is 0 Å². The highest BCUT2D eigenvalue weighted by Crippen LogP contribution is 2.18. The minimum Gasteiger partial charge on any atom is -0.379 e. The molecule has 120 valence electrons. The fraction of sp³-hybridized carbons (Fsp3) is 0.933. The highest BCUT2D eigenvalue weighted by atomic mass is 16.5. The van der Waals surface area contributed by atoms with Crippen molar-refractivity contribution in [3.63, 3.8) is 0 Å². The minimum absolute atomic E-state index is 0.293. The van der Waals surface area contributed by atoms with Crippen LogP contribution in [0.15, 0.2) is 0 Å². The van der Waals surface area contributed by atoms with Crippen molar-refractivity contribution in [1.29, 1.82) is 0 Å². The number of hydrogen-bond acceptors (Lipinski definition) is 5. The van der Waals surface area contributed by atoms with Gasteiger partial charge in [-0.3, -0.25) is 14.6 Å². The van der Waals surface area contributed by atoms with Gasteiger partial charge in [0.05, 0.1) is 19.8 Å². The van der Waals surface area contributed by atoms with Gasteiger partial charge in [-0.25, -0.2) is 0 Å². The van der Waals surface area contributed by atoms with Crippen molar-refractivity contribution in [2.75, 3.05) is 59.0 Å². The van der Waals surface area contributed by atoms with E-state index in [2.05, 4.69) is 14.7 Å². The van der Waals surface area contributed by atoms with Gasteiger partial charge in [0.25, 0.3) is 0 Å². The number of rotatable bonds is 3. The fourth-order valence-corrected chi connectivity index (χ4v) is 3.61. The van der Waals surface area contributed by atoms with E-state index in [1.165, 1.54) is 0 Å². The summed E-state index contributed by atoms with van der Waals surface area (Å²) in [4.78, 5) is 19.2. The Kier molecular flexibility index (Phi) is 5.11. The molecule has 0 spiro atoms. The number of morpholine rings is 1. The van der Waals surface area contributed by atoms with Crippen LogP contribution in [0.25, 0.3) is 0 Å². The molecule has 0 aromatic rings. The summed E-state index contributed by atoms with van der Waals surface area (Å²) >= 11 is 0. The van der Waals surface area contributed by atoms with Crippen LogP contribution in [0, 0.1) is 0 Å². The Bertz CT molecular complexity index is 352. The lowest BCUT2D eigenvalue weighted by molar-refractivity contribution is -0.131. The van der Waals surface area contributed by atoms with E-state index in [1.54, 1.807) is 0 Å². The summed E-state index contributed by atoms with van der Waals surface area (Å²) in [5.41, 5.74) is 5.91. The molecular weight excluding hydrogens is 268 g/mol. The molecule has 3 saturated heterocycles. The molecule has 0 saturated carbocycles. The van der Waals surface area contributed by atoms with Gasteiger partial charge >= 0.3 is 0 Å². The quantitative estimate of drug-likeness (QED) is 0.749. The van der Waals surface area contributed by atoms with Gasteiger partial charge < -0.3 is 15.4 Å². The number of nitrogens with zero attached hydrogens (tertiary/aromatic N) is 3. The first-order valence-electron chi connectivity index (χ1n) is 8.30. The van der Waals surface area contributed by atoms with Crippen LogP contribution in [0.4, 0.5) is 0 Å². The van der Waals surface area contributed by atoms with Gasteiger partial charge in [-0.05, 0) is 19.3 Å². The summed E-state index contributed by atoms with van der Waals surface area (Å²) in [5.74, 6) is 0.293. The molecule has 1 amide bonds. The molecule has 3 aliphatic heterocycles. The number of nitrogens with two attached hydrogens (primary N) is 1. The molecule has 3 aliphatic rings. The molecular formula is C15H28N4O2. The number of amides is 1. The molecule has 0 aliphatic carbocycles. The summed E-state index contributed by atoms with van der Waals surface area (Å²) in [6.45, 7) is 7.99. The molecule has 0 aromatic heterocycles. The average molecular weight is 296 g/mol. The summed E-state index contributed by atoms with van der Waals surface area (Å²) in [6.07, 6.45) is 3.14. The first-order valence-corrected chi connectivity index (χ1v) is 8.30. The molecule has 6 nitrogen and oxygen atoms in total. The maximum atomic E-state index is 12.4. The fourth-order valence-electron chi connectivity index (χ4n) is 3.61. The van der Waals surface area contributed by atoms with Gasteiger partial charge in [0.2, 0.25) is 5.91 Å². The van der Waals surface area contributed by atoms with Crippen molar-refractivity contribution in [3.05, 3.63) is 0 Å². The number of carbonyl (C=O) groups is 1. The van der Waals surface area contributed by atoms with E-state index < -0.39 is 0 Å². The molecule has 1 unspecified atom stereocenters. The normalized spacial score (nSPS) is 30.0. The number of piperidine rings is 1. The molecule has 3 heterocycles. The molecule has 21 heavy (non-hydrogen) atoms. The van der Waals surface area contributed by atoms with Gasteiger partial charge in [-0.15, -0.1) is 0 Å². The van der Waals surface area contributed by atoms with E-state index in [0.29, 0.717) is 24.5 Å². The standard InChI is InChI=1S/C15H28N4O2/c16-13-1-4-17(5-2-13)12-15(20)19-6-3-14(11-19)18-7-9-21-10-8-18/h13-14H,1-12,16H2.